The first-order valence-electron chi connectivity index (χ1n) is 6.12. The largest absolute Gasteiger partial charge is 0.409 e. The van der Waals surface area contributed by atoms with Crippen molar-refractivity contribution in [1.82, 2.24) is 0 Å². The lowest BCUT2D eigenvalue weighted by atomic mass is 10.1. The summed E-state index contributed by atoms with van der Waals surface area (Å²) in [6, 6.07) is 4.13. The number of amidine groups is 1. The summed E-state index contributed by atoms with van der Waals surface area (Å²) in [5.41, 5.74) is 6.56. The van der Waals surface area contributed by atoms with Gasteiger partial charge in [-0.25, -0.2) is 4.39 Å². The molecular weight excluding hydrogens is 251 g/mol. The first-order valence-corrected chi connectivity index (χ1v) is 6.12. The van der Waals surface area contributed by atoms with Crippen LogP contribution in [0.1, 0.15) is 17.5 Å². The van der Waals surface area contributed by atoms with Crippen molar-refractivity contribution < 1.29 is 19.1 Å². The third-order valence-electron chi connectivity index (χ3n) is 3.09. The van der Waals surface area contributed by atoms with Crippen molar-refractivity contribution in [2.75, 3.05) is 19.8 Å². The van der Waals surface area contributed by atoms with Gasteiger partial charge in [-0.1, -0.05) is 11.2 Å². The molecule has 0 spiro atoms. The molecule has 1 aromatic rings. The van der Waals surface area contributed by atoms with Gasteiger partial charge in [0.05, 0.1) is 19.8 Å². The Morgan fingerprint density at radius 3 is 3.11 bits per heavy atom. The van der Waals surface area contributed by atoms with Gasteiger partial charge in [-0.05, 0) is 24.1 Å². The van der Waals surface area contributed by atoms with E-state index in [9.17, 15) is 4.39 Å². The number of nitrogens with zero attached hydrogens (tertiary/aromatic N) is 1. The van der Waals surface area contributed by atoms with E-state index in [0.717, 1.165) is 19.6 Å². The Morgan fingerprint density at radius 2 is 2.42 bits per heavy atom. The lowest BCUT2D eigenvalue weighted by molar-refractivity contribution is 0.0790. The summed E-state index contributed by atoms with van der Waals surface area (Å²) in [7, 11) is 0. The summed E-state index contributed by atoms with van der Waals surface area (Å²) >= 11 is 0. The van der Waals surface area contributed by atoms with Gasteiger partial charge >= 0.3 is 0 Å². The Morgan fingerprint density at radius 1 is 1.58 bits per heavy atom. The second-order valence-electron chi connectivity index (χ2n) is 4.53. The first kappa shape index (κ1) is 13.8. The molecule has 3 N–H and O–H groups in total. The maximum atomic E-state index is 13.2. The van der Waals surface area contributed by atoms with Gasteiger partial charge in [-0.3, -0.25) is 0 Å². The second-order valence-corrected chi connectivity index (χ2v) is 4.53. The van der Waals surface area contributed by atoms with Crippen molar-refractivity contribution >= 4 is 5.84 Å². The Balaban J connectivity index is 1.98. The minimum atomic E-state index is -0.436. The molecule has 1 aliphatic rings. The standard InChI is InChI=1S/C13H17FN2O3/c14-11-2-1-10(12(5-11)13(15)16-17)8-19-7-9-3-4-18-6-9/h1-2,5,9,17H,3-4,6-8H2,(H2,15,16). The van der Waals surface area contributed by atoms with Crippen molar-refractivity contribution in [2.45, 2.75) is 13.0 Å². The van der Waals surface area contributed by atoms with Crippen LogP contribution in [0.15, 0.2) is 23.4 Å². The first-order chi connectivity index (χ1) is 9.20. The predicted molar refractivity (Wildman–Crippen MR) is 67.5 cm³/mol. The van der Waals surface area contributed by atoms with Crippen molar-refractivity contribution in [3.8, 4) is 0 Å². The van der Waals surface area contributed by atoms with Crippen LogP contribution in [0.5, 0.6) is 0 Å². The monoisotopic (exact) mass is 268 g/mol. The number of hydrogen-bond acceptors (Lipinski definition) is 4. The zero-order chi connectivity index (χ0) is 13.7. The molecule has 2 rings (SSSR count). The van der Waals surface area contributed by atoms with E-state index < -0.39 is 5.82 Å². The molecule has 1 fully saturated rings. The molecule has 0 bridgehead atoms. The number of halogens is 1. The number of rotatable bonds is 5. The number of hydrogen-bond donors (Lipinski definition) is 2. The lowest BCUT2D eigenvalue weighted by Crippen LogP contribution is -2.17. The van der Waals surface area contributed by atoms with Gasteiger partial charge in [0.25, 0.3) is 0 Å². The van der Waals surface area contributed by atoms with Gasteiger partial charge in [-0.15, -0.1) is 0 Å². The quantitative estimate of drug-likeness (QED) is 0.367. The van der Waals surface area contributed by atoms with Crippen LogP contribution in [-0.2, 0) is 16.1 Å². The third kappa shape index (κ3) is 3.65. The second kappa shape index (κ2) is 6.49. The van der Waals surface area contributed by atoms with Gasteiger partial charge in [0.15, 0.2) is 5.84 Å². The fourth-order valence-corrected chi connectivity index (χ4v) is 2.02. The molecule has 0 radical (unpaired) electrons. The summed E-state index contributed by atoms with van der Waals surface area (Å²) in [6.45, 7) is 2.38. The van der Waals surface area contributed by atoms with E-state index in [1.54, 1.807) is 6.07 Å². The van der Waals surface area contributed by atoms with Crippen LogP contribution in [0.25, 0.3) is 0 Å². The normalized spacial score (nSPS) is 19.8. The van der Waals surface area contributed by atoms with Gasteiger partial charge < -0.3 is 20.4 Å². The average molecular weight is 268 g/mol. The third-order valence-corrected chi connectivity index (χ3v) is 3.09. The van der Waals surface area contributed by atoms with Crippen LogP contribution >= 0.6 is 0 Å². The van der Waals surface area contributed by atoms with E-state index in [2.05, 4.69) is 5.16 Å². The highest BCUT2D eigenvalue weighted by Gasteiger charge is 2.16. The number of oxime groups is 1. The minimum Gasteiger partial charge on any atom is -0.409 e. The van der Waals surface area contributed by atoms with Crippen LogP contribution in [-0.4, -0.2) is 30.9 Å². The molecule has 1 aliphatic heterocycles. The molecule has 19 heavy (non-hydrogen) atoms. The summed E-state index contributed by atoms with van der Waals surface area (Å²) in [4.78, 5) is 0. The molecule has 0 aromatic heterocycles. The van der Waals surface area contributed by atoms with Crippen molar-refractivity contribution in [3.63, 3.8) is 0 Å². The smallest absolute Gasteiger partial charge is 0.170 e. The molecule has 1 atom stereocenters. The molecular formula is C13H17FN2O3. The summed E-state index contributed by atoms with van der Waals surface area (Å²) in [5, 5.41) is 11.6. The van der Waals surface area contributed by atoms with Gasteiger partial charge in [0, 0.05) is 18.1 Å². The van der Waals surface area contributed by atoms with Gasteiger partial charge in [-0.2, -0.15) is 0 Å². The molecule has 0 aliphatic carbocycles. The zero-order valence-corrected chi connectivity index (χ0v) is 10.5. The maximum absolute atomic E-state index is 13.2. The van der Waals surface area contributed by atoms with Crippen LogP contribution in [0, 0.1) is 11.7 Å². The van der Waals surface area contributed by atoms with E-state index in [1.807, 2.05) is 0 Å². The lowest BCUT2D eigenvalue weighted by Gasteiger charge is -2.11. The minimum absolute atomic E-state index is 0.123. The Bertz CT molecular complexity index is 459. The Hall–Kier alpha value is -1.66. The summed E-state index contributed by atoms with van der Waals surface area (Å²) < 4.78 is 24.0. The molecule has 1 heterocycles. The van der Waals surface area contributed by atoms with Crippen molar-refractivity contribution in [3.05, 3.63) is 35.1 Å². The maximum Gasteiger partial charge on any atom is 0.170 e. The average Bonchev–Trinajstić information content (AvgIpc) is 2.92. The number of ether oxygens (including phenoxy) is 2. The van der Waals surface area contributed by atoms with Crippen LogP contribution in [0.2, 0.25) is 0 Å². The van der Waals surface area contributed by atoms with E-state index in [0.29, 0.717) is 30.3 Å². The van der Waals surface area contributed by atoms with E-state index in [-0.39, 0.29) is 5.84 Å². The SMILES string of the molecule is NC(=NO)c1cc(F)ccc1COCC1CCOC1. The summed E-state index contributed by atoms with van der Waals surface area (Å²) in [5.74, 6) is -0.149. The predicted octanol–water partition coefficient (Wildman–Crippen LogP) is 1.47. The van der Waals surface area contributed by atoms with Crippen LogP contribution < -0.4 is 5.73 Å². The van der Waals surface area contributed by atoms with Crippen LogP contribution in [0.4, 0.5) is 4.39 Å². The highest BCUT2D eigenvalue weighted by atomic mass is 19.1. The molecule has 1 unspecified atom stereocenters. The zero-order valence-electron chi connectivity index (χ0n) is 10.5. The highest BCUT2D eigenvalue weighted by Crippen LogP contribution is 2.16. The number of benzene rings is 1. The molecule has 5 nitrogen and oxygen atoms in total. The molecule has 0 amide bonds. The Kier molecular flexibility index (Phi) is 4.70. The fourth-order valence-electron chi connectivity index (χ4n) is 2.02. The fraction of sp³-hybridized carbons (Fsp3) is 0.462. The molecule has 6 heteroatoms. The topological polar surface area (TPSA) is 77.1 Å². The van der Waals surface area contributed by atoms with E-state index in [4.69, 9.17) is 20.4 Å². The van der Waals surface area contributed by atoms with E-state index >= 15 is 0 Å². The van der Waals surface area contributed by atoms with Crippen molar-refractivity contribution in [2.24, 2.45) is 16.8 Å². The number of nitrogens with two attached hydrogens (primary N) is 1. The molecule has 0 saturated carbocycles. The van der Waals surface area contributed by atoms with E-state index in [1.165, 1.54) is 12.1 Å². The molecule has 1 aromatic carbocycles. The summed E-state index contributed by atoms with van der Waals surface area (Å²) in [6.07, 6.45) is 0.997. The Labute approximate surface area is 110 Å². The van der Waals surface area contributed by atoms with Gasteiger partial charge in [0.1, 0.15) is 5.82 Å². The van der Waals surface area contributed by atoms with Crippen molar-refractivity contribution in [1.29, 1.82) is 0 Å². The molecule has 104 valence electrons. The molecule has 1 saturated heterocycles. The highest BCUT2D eigenvalue weighted by molar-refractivity contribution is 5.98. The van der Waals surface area contributed by atoms with Crippen LogP contribution in [0.3, 0.4) is 0 Å². The van der Waals surface area contributed by atoms with Gasteiger partial charge in [0.2, 0.25) is 0 Å².